The number of nitrogens with one attached hydrogen (secondary N) is 1. The van der Waals surface area contributed by atoms with Crippen LogP contribution in [-0.4, -0.2) is 19.6 Å². The maximum atomic E-state index is 13.4. The highest BCUT2D eigenvalue weighted by molar-refractivity contribution is 5.52. The highest BCUT2D eigenvalue weighted by atomic mass is 19.1. The van der Waals surface area contributed by atoms with Crippen molar-refractivity contribution in [3.05, 3.63) is 89.8 Å². The van der Waals surface area contributed by atoms with E-state index < -0.39 is 0 Å². The largest absolute Gasteiger partial charge is 0.359 e. The van der Waals surface area contributed by atoms with Crippen LogP contribution in [0.5, 0.6) is 0 Å². The lowest BCUT2D eigenvalue weighted by atomic mass is 9.99. The SMILES string of the molecule is CC(C)c1cc(N[C@@H](c2ccncc2)c2ccc(F)cc2)n2nccc2n1. The van der Waals surface area contributed by atoms with Crippen LogP contribution < -0.4 is 5.32 Å². The average molecular weight is 361 g/mol. The third kappa shape index (κ3) is 3.51. The Bertz CT molecular complexity index is 1040. The molecule has 0 spiro atoms. The van der Waals surface area contributed by atoms with Crippen molar-refractivity contribution in [3.8, 4) is 0 Å². The van der Waals surface area contributed by atoms with Crippen molar-refractivity contribution in [1.29, 1.82) is 0 Å². The molecule has 1 N–H and O–H groups in total. The van der Waals surface area contributed by atoms with E-state index in [1.165, 1.54) is 12.1 Å². The smallest absolute Gasteiger partial charge is 0.157 e. The third-order valence-corrected chi connectivity index (χ3v) is 4.51. The second-order valence-electron chi connectivity index (χ2n) is 6.73. The van der Waals surface area contributed by atoms with Gasteiger partial charge in [0.25, 0.3) is 0 Å². The first kappa shape index (κ1) is 17.1. The summed E-state index contributed by atoms with van der Waals surface area (Å²) in [7, 11) is 0. The fourth-order valence-electron chi connectivity index (χ4n) is 3.05. The molecule has 4 rings (SSSR count). The second-order valence-corrected chi connectivity index (χ2v) is 6.73. The van der Waals surface area contributed by atoms with Crippen LogP contribution in [0.4, 0.5) is 10.2 Å². The first-order chi connectivity index (χ1) is 13.1. The van der Waals surface area contributed by atoms with Crippen molar-refractivity contribution in [3.63, 3.8) is 0 Å². The van der Waals surface area contributed by atoms with E-state index in [0.717, 1.165) is 28.3 Å². The first-order valence-electron chi connectivity index (χ1n) is 8.88. The number of halogens is 1. The fourth-order valence-corrected chi connectivity index (χ4v) is 3.05. The zero-order valence-electron chi connectivity index (χ0n) is 15.2. The highest BCUT2D eigenvalue weighted by Gasteiger charge is 2.17. The maximum Gasteiger partial charge on any atom is 0.157 e. The highest BCUT2D eigenvalue weighted by Crippen LogP contribution is 2.28. The van der Waals surface area contributed by atoms with Crippen molar-refractivity contribution in [1.82, 2.24) is 19.6 Å². The van der Waals surface area contributed by atoms with Gasteiger partial charge in [-0.05, 0) is 41.3 Å². The molecule has 1 atom stereocenters. The summed E-state index contributed by atoms with van der Waals surface area (Å²) in [6, 6.07) is 14.2. The maximum absolute atomic E-state index is 13.4. The minimum atomic E-state index is -0.257. The molecule has 0 bridgehead atoms. The zero-order valence-corrected chi connectivity index (χ0v) is 15.2. The summed E-state index contributed by atoms with van der Waals surface area (Å²) in [5.74, 6) is 0.864. The Morgan fingerprint density at radius 3 is 2.33 bits per heavy atom. The second kappa shape index (κ2) is 7.15. The van der Waals surface area contributed by atoms with E-state index in [4.69, 9.17) is 0 Å². The van der Waals surface area contributed by atoms with Crippen molar-refractivity contribution in [2.75, 3.05) is 5.32 Å². The van der Waals surface area contributed by atoms with Crippen LogP contribution >= 0.6 is 0 Å². The quantitative estimate of drug-likeness (QED) is 0.565. The van der Waals surface area contributed by atoms with Crippen molar-refractivity contribution in [2.45, 2.75) is 25.8 Å². The molecular weight excluding hydrogens is 341 g/mol. The molecule has 27 heavy (non-hydrogen) atoms. The number of anilines is 1. The van der Waals surface area contributed by atoms with Gasteiger partial charge in [0.05, 0.1) is 12.2 Å². The number of rotatable bonds is 5. The molecule has 136 valence electrons. The monoisotopic (exact) mass is 361 g/mol. The van der Waals surface area contributed by atoms with Crippen molar-refractivity contribution < 1.29 is 4.39 Å². The van der Waals surface area contributed by atoms with Crippen molar-refractivity contribution in [2.24, 2.45) is 0 Å². The Kier molecular flexibility index (Phi) is 4.54. The lowest BCUT2D eigenvalue weighted by Crippen LogP contribution is -2.16. The van der Waals surface area contributed by atoms with E-state index in [-0.39, 0.29) is 17.8 Å². The van der Waals surface area contributed by atoms with Crippen LogP contribution in [0.2, 0.25) is 0 Å². The average Bonchev–Trinajstić information content (AvgIpc) is 3.16. The summed E-state index contributed by atoms with van der Waals surface area (Å²) >= 11 is 0. The van der Waals surface area contributed by atoms with Gasteiger partial charge in [0.1, 0.15) is 11.6 Å². The van der Waals surface area contributed by atoms with Gasteiger partial charge in [-0.15, -0.1) is 0 Å². The summed E-state index contributed by atoms with van der Waals surface area (Å²) in [6.07, 6.45) is 5.24. The van der Waals surface area contributed by atoms with Gasteiger partial charge >= 0.3 is 0 Å². The molecule has 5 nitrogen and oxygen atoms in total. The number of pyridine rings is 1. The summed E-state index contributed by atoms with van der Waals surface area (Å²) in [5, 5.41) is 7.96. The van der Waals surface area contributed by atoms with E-state index in [9.17, 15) is 4.39 Å². The minimum Gasteiger partial charge on any atom is -0.359 e. The van der Waals surface area contributed by atoms with Gasteiger partial charge in [-0.25, -0.2) is 9.37 Å². The number of benzene rings is 1. The fraction of sp³-hybridized carbons (Fsp3) is 0.190. The number of hydrogen-bond acceptors (Lipinski definition) is 4. The third-order valence-electron chi connectivity index (χ3n) is 4.51. The number of fused-ring (bicyclic) bond motifs is 1. The van der Waals surface area contributed by atoms with Gasteiger partial charge in [-0.3, -0.25) is 4.98 Å². The van der Waals surface area contributed by atoms with Crippen molar-refractivity contribution >= 4 is 11.5 Å². The molecule has 0 aliphatic carbocycles. The molecule has 0 fully saturated rings. The summed E-state index contributed by atoms with van der Waals surface area (Å²) in [4.78, 5) is 8.77. The Morgan fingerprint density at radius 2 is 1.63 bits per heavy atom. The van der Waals surface area contributed by atoms with Gasteiger partial charge in [0.2, 0.25) is 0 Å². The van der Waals surface area contributed by atoms with E-state index in [0.29, 0.717) is 0 Å². The minimum absolute atomic E-state index is 0.177. The predicted octanol–water partition coefficient (Wildman–Crippen LogP) is 4.59. The number of nitrogens with zero attached hydrogens (tertiary/aromatic N) is 4. The molecule has 1 aromatic carbocycles. The molecule has 3 aromatic heterocycles. The van der Waals surface area contributed by atoms with Crippen LogP contribution in [0.1, 0.15) is 42.6 Å². The Balaban J connectivity index is 1.81. The standard InChI is InChI=1S/C21H20FN5/c1-14(2)18-13-20(27-19(25-18)9-12-24-27)26-21(16-7-10-23-11-8-16)15-3-5-17(22)6-4-15/h3-14,21,26H,1-2H3/t21-/m1/s1. The molecule has 3 heterocycles. The van der Waals surface area contributed by atoms with Crippen LogP contribution in [0.3, 0.4) is 0 Å². The van der Waals surface area contributed by atoms with E-state index in [1.807, 2.05) is 24.3 Å². The van der Waals surface area contributed by atoms with Gasteiger partial charge < -0.3 is 5.32 Å². The van der Waals surface area contributed by atoms with Crippen LogP contribution in [0.25, 0.3) is 5.65 Å². The Labute approximate surface area is 156 Å². The molecule has 0 amide bonds. The van der Waals surface area contributed by atoms with E-state index in [1.54, 1.807) is 35.2 Å². The van der Waals surface area contributed by atoms with Gasteiger partial charge in [-0.2, -0.15) is 9.61 Å². The van der Waals surface area contributed by atoms with Gasteiger partial charge in [0, 0.05) is 30.2 Å². The topological polar surface area (TPSA) is 55.1 Å². The molecular formula is C21H20FN5. The normalized spacial score (nSPS) is 12.4. The van der Waals surface area contributed by atoms with E-state index >= 15 is 0 Å². The van der Waals surface area contributed by atoms with Crippen LogP contribution in [0, 0.1) is 5.82 Å². The lowest BCUT2D eigenvalue weighted by Gasteiger charge is -2.22. The Morgan fingerprint density at radius 1 is 0.926 bits per heavy atom. The van der Waals surface area contributed by atoms with E-state index in [2.05, 4.69) is 34.2 Å². The van der Waals surface area contributed by atoms with Gasteiger partial charge in [-0.1, -0.05) is 26.0 Å². The van der Waals surface area contributed by atoms with Gasteiger partial charge in [0.15, 0.2) is 5.65 Å². The van der Waals surface area contributed by atoms with Crippen LogP contribution in [0.15, 0.2) is 67.1 Å². The Hall–Kier alpha value is -3.28. The molecule has 0 unspecified atom stereocenters. The zero-order chi connectivity index (χ0) is 18.8. The number of hydrogen-bond donors (Lipinski definition) is 1. The summed E-state index contributed by atoms with van der Waals surface area (Å²) < 4.78 is 15.2. The molecule has 0 radical (unpaired) electrons. The van der Waals surface area contributed by atoms with Crippen LogP contribution in [-0.2, 0) is 0 Å². The molecule has 0 saturated heterocycles. The molecule has 0 saturated carbocycles. The molecule has 6 heteroatoms. The molecule has 0 aliphatic rings. The molecule has 4 aromatic rings. The number of aromatic nitrogens is 4. The molecule has 0 aliphatic heterocycles. The first-order valence-corrected chi connectivity index (χ1v) is 8.88. The predicted molar refractivity (Wildman–Crippen MR) is 103 cm³/mol. The summed E-state index contributed by atoms with van der Waals surface area (Å²) in [5.41, 5.74) is 3.75. The lowest BCUT2D eigenvalue weighted by molar-refractivity contribution is 0.626. The summed E-state index contributed by atoms with van der Waals surface area (Å²) in [6.45, 7) is 4.22.